The number of nitrogens with zero attached hydrogens (tertiary/aromatic N) is 2. The lowest BCUT2D eigenvalue weighted by Gasteiger charge is -2.27. The molecule has 3 atom stereocenters. The Morgan fingerprint density at radius 1 is 1.25 bits per heavy atom. The molecule has 0 aromatic heterocycles. The Hall–Kier alpha value is -1.59. The van der Waals surface area contributed by atoms with Crippen LogP contribution in [0.15, 0.2) is 30.3 Å². The molecule has 0 saturated carbocycles. The van der Waals surface area contributed by atoms with E-state index in [1.54, 1.807) is 0 Å². The molecule has 1 aromatic rings. The highest BCUT2D eigenvalue weighted by molar-refractivity contribution is 5.74. The number of aliphatic hydroxyl groups excluding tert-OH is 1. The summed E-state index contributed by atoms with van der Waals surface area (Å²) in [6.45, 7) is 2.37. The molecule has 0 spiro atoms. The minimum atomic E-state index is 0.0369. The smallest absolute Gasteiger partial charge is 0.317 e. The molecule has 3 rings (SSSR count). The summed E-state index contributed by atoms with van der Waals surface area (Å²) in [7, 11) is 2.19. The number of carbonyl (C=O) groups is 1. The summed E-state index contributed by atoms with van der Waals surface area (Å²) in [5.74, 6) is 0.159. The fraction of sp³-hybridized carbons (Fsp3) is 0.632. The summed E-state index contributed by atoms with van der Waals surface area (Å²) in [6, 6.07) is 11.3. The minimum Gasteiger partial charge on any atom is -0.396 e. The van der Waals surface area contributed by atoms with Crippen molar-refractivity contribution in [3.8, 4) is 0 Å². The predicted octanol–water partition coefficient (Wildman–Crippen LogP) is 2.03. The molecular weight excluding hydrogens is 302 g/mol. The van der Waals surface area contributed by atoms with Crippen LogP contribution < -0.4 is 5.32 Å². The number of rotatable bonds is 5. The van der Waals surface area contributed by atoms with Gasteiger partial charge in [0.05, 0.1) is 0 Å². The Balaban J connectivity index is 1.56. The summed E-state index contributed by atoms with van der Waals surface area (Å²) in [4.78, 5) is 17.0. The maximum atomic E-state index is 12.6. The molecule has 0 radical (unpaired) electrons. The zero-order valence-corrected chi connectivity index (χ0v) is 14.5. The van der Waals surface area contributed by atoms with Gasteiger partial charge in [-0.1, -0.05) is 30.3 Å². The van der Waals surface area contributed by atoms with Crippen molar-refractivity contribution in [3.05, 3.63) is 35.9 Å². The number of hydrogen-bond acceptors (Lipinski definition) is 3. The topological polar surface area (TPSA) is 55.8 Å². The van der Waals surface area contributed by atoms with E-state index in [9.17, 15) is 9.90 Å². The molecule has 2 aliphatic rings. The van der Waals surface area contributed by atoms with Crippen molar-refractivity contribution in [3.63, 3.8) is 0 Å². The molecule has 5 nitrogen and oxygen atoms in total. The second kappa shape index (κ2) is 7.99. The van der Waals surface area contributed by atoms with Crippen molar-refractivity contribution in [2.45, 2.75) is 43.7 Å². The maximum Gasteiger partial charge on any atom is 0.317 e. The van der Waals surface area contributed by atoms with E-state index < -0.39 is 0 Å². The molecule has 2 heterocycles. The van der Waals surface area contributed by atoms with Crippen LogP contribution in [-0.4, -0.2) is 66.3 Å². The van der Waals surface area contributed by atoms with Gasteiger partial charge in [0.25, 0.3) is 0 Å². The first-order chi connectivity index (χ1) is 11.7. The van der Waals surface area contributed by atoms with E-state index in [-0.39, 0.29) is 18.6 Å². The first kappa shape index (κ1) is 17.2. The van der Waals surface area contributed by atoms with Gasteiger partial charge in [-0.3, -0.25) is 4.90 Å². The molecule has 24 heavy (non-hydrogen) atoms. The molecule has 132 valence electrons. The lowest BCUT2D eigenvalue weighted by Crippen LogP contribution is -2.45. The quantitative estimate of drug-likeness (QED) is 0.868. The molecule has 2 amide bonds. The number of carbonyl (C=O) groups excluding carboxylic acids is 1. The SMILES string of the molecule is CN1C2CCC1CN(C(=O)NCC(CCO)c1ccccc1)CC2. The summed E-state index contributed by atoms with van der Waals surface area (Å²) >= 11 is 0. The van der Waals surface area contributed by atoms with Crippen molar-refractivity contribution in [2.24, 2.45) is 0 Å². The van der Waals surface area contributed by atoms with Crippen molar-refractivity contribution < 1.29 is 9.90 Å². The van der Waals surface area contributed by atoms with Gasteiger partial charge < -0.3 is 15.3 Å². The van der Waals surface area contributed by atoms with Crippen LogP contribution in [0.1, 0.15) is 37.2 Å². The highest BCUT2D eigenvalue weighted by Crippen LogP contribution is 2.28. The molecule has 2 bridgehead atoms. The van der Waals surface area contributed by atoms with E-state index in [4.69, 9.17) is 0 Å². The molecule has 2 aliphatic heterocycles. The van der Waals surface area contributed by atoms with E-state index in [1.165, 1.54) is 18.4 Å². The number of fused-ring (bicyclic) bond motifs is 2. The van der Waals surface area contributed by atoms with Gasteiger partial charge in [-0.25, -0.2) is 4.79 Å². The van der Waals surface area contributed by atoms with Crippen LogP contribution in [0.2, 0.25) is 0 Å². The van der Waals surface area contributed by atoms with Gasteiger partial charge in [-0.15, -0.1) is 0 Å². The second-order valence-electron chi connectivity index (χ2n) is 7.09. The predicted molar refractivity (Wildman–Crippen MR) is 95.0 cm³/mol. The third-order valence-corrected chi connectivity index (χ3v) is 5.68. The summed E-state index contributed by atoms with van der Waals surface area (Å²) in [5.41, 5.74) is 1.17. The van der Waals surface area contributed by atoms with Crippen molar-refractivity contribution in [2.75, 3.05) is 33.3 Å². The van der Waals surface area contributed by atoms with Gasteiger partial charge in [0.15, 0.2) is 0 Å². The molecule has 2 fully saturated rings. The fourth-order valence-corrected chi connectivity index (χ4v) is 4.08. The van der Waals surface area contributed by atoms with E-state index in [2.05, 4.69) is 29.4 Å². The van der Waals surface area contributed by atoms with Crippen LogP contribution in [0.25, 0.3) is 0 Å². The number of amides is 2. The number of likely N-dealkylation sites (tertiary alicyclic amines) is 1. The molecule has 1 aromatic carbocycles. The molecular formula is C19H29N3O2. The Labute approximate surface area is 144 Å². The van der Waals surface area contributed by atoms with Gasteiger partial charge in [-0.2, -0.15) is 0 Å². The summed E-state index contributed by atoms with van der Waals surface area (Å²) in [5, 5.41) is 12.4. The summed E-state index contributed by atoms with van der Waals surface area (Å²) < 4.78 is 0. The van der Waals surface area contributed by atoms with E-state index in [1.807, 2.05) is 23.1 Å². The van der Waals surface area contributed by atoms with Gasteiger partial charge in [-0.05, 0) is 38.3 Å². The van der Waals surface area contributed by atoms with Crippen molar-refractivity contribution in [1.29, 1.82) is 0 Å². The second-order valence-corrected chi connectivity index (χ2v) is 7.09. The Bertz CT molecular complexity index is 537. The Morgan fingerprint density at radius 3 is 2.75 bits per heavy atom. The molecule has 2 N–H and O–H groups in total. The van der Waals surface area contributed by atoms with Crippen LogP contribution in [0.5, 0.6) is 0 Å². The zero-order valence-electron chi connectivity index (χ0n) is 14.5. The average molecular weight is 331 g/mol. The van der Waals surface area contributed by atoms with Crippen LogP contribution >= 0.6 is 0 Å². The van der Waals surface area contributed by atoms with Crippen LogP contribution in [0.4, 0.5) is 4.79 Å². The molecule has 3 unspecified atom stereocenters. The first-order valence-electron chi connectivity index (χ1n) is 9.09. The van der Waals surface area contributed by atoms with Crippen LogP contribution in [0.3, 0.4) is 0 Å². The number of urea groups is 1. The normalized spacial score (nSPS) is 25.3. The highest BCUT2D eigenvalue weighted by atomic mass is 16.3. The number of likely N-dealkylation sites (N-methyl/N-ethyl adjacent to an activating group) is 1. The largest absolute Gasteiger partial charge is 0.396 e. The molecule has 5 heteroatoms. The van der Waals surface area contributed by atoms with Gasteiger partial charge >= 0.3 is 6.03 Å². The minimum absolute atomic E-state index is 0.0369. The van der Waals surface area contributed by atoms with Gasteiger partial charge in [0, 0.05) is 44.2 Å². The van der Waals surface area contributed by atoms with Crippen LogP contribution in [-0.2, 0) is 0 Å². The monoisotopic (exact) mass is 331 g/mol. The van der Waals surface area contributed by atoms with Crippen molar-refractivity contribution in [1.82, 2.24) is 15.1 Å². The first-order valence-corrected chi connectivity index (χ1v) is 9.09. The van der Waals surface area contributed by atoms with E-state index in [0.29, 0.717) is 25.0 Å². The highest BCUT2D eigenvalue weighted by Gasteiger charge is 2.35. The van der Waals surface area contributed by atoms with E-state index in [0.717, 1.165) is 19.5 Å². The fourth-order valence-electron chi connectivity index (χ4n) is 4.08. The van der Waals surface area contributed by atoms with Crippen LogP contribution in [0, 0.1) is 0 Å². The third kappa shape index (κ3) is 3.90. The van der Waals surface area contributed by atoms with Gasteiger partial charge in [0.1, 0.15) is 0 Å². The van der Waals surface area contributed by atoms with E-state index >= 15 is 0 Å². The standard InChI is InChI=1S/C19H29N3O2/c1-21-17-7-8-18(21)14-22(11-9-17)19(24)20-13-16(10-12-23)15-5-3-2-4-6-15/h2-6,16-18,23H,7-14H2,1H3,(H,20,24). The van der Waals surface area contributed by atoms with Crippen molar-refractivity contribution >= 4 is 6.03 Å². The molecule has 2 saturated heterocycles. The maximum absolute atomic E-state index is 12.6. The van der Waals surface area contributed by atoms with Gasteiger partial charge in [0.2, 0.25) is 0 Å². The number of nitrogens with one attached hydrogen (secondary N) is 1. The number of hydrogen-bond donors (Lipinski definition) is 2. The Morgan fingerprint density at radius 2 is 2.00 bits per heavy atom. The average Bonchev–Trinajstić information content (AvgIpc) is 2.84. The number of benzene rings is 1. The lowest BCUT2D eigenvalue weighted by atomic mass is 9.96. The molecule has 0 aliphatic carbocycles. The Kier molecular flexibility index (Phi) is 5.74. The third-order valence-electron chi connectivity index (χ3n) is 5.68. The summed E-state index contributed by atoms with van der Waals surface area (Å²) in [6.07, 6.45) is 4.20. The number of aliphatic hydroxyl groups is 1. The lowest BCUT2D eigenvalue weighted by molar-refractivity contribution is 0.186. The zero-order chi connectivity index (χ0) is 16.9.